The molecule has 1 amide bonds. The van der Waals surface area contributed by atoms with E-state index in [1.165, 1.54) is 0 Å². The van der Waals surface area contributed by atoms with E-state index in [2.05, 4.69) is 6.92 Å². The molecule has 22 heavy (non-hydrogen) atoms. The van der Waals surface area contributed by atoms with Gasteiger partial charge in [0, 0.05) is 13.1 Å². The zero-order chi connectivity index (χ0) is 16.0. The number of hydrogen-bond acceptors (Lipinski definition) is 2. The zero-order valence-electron chi connectivity index (χ0n) is 12.9. The molecule has 5 heteroatoms. The maximum absolute atomic E-state index is 13.2. The summed E-state index contributed by atoms with van der Waals surface area (Å²) in [5.74, 6) is 0.231. The molecule has 1 unspecified atom stereocenters. The van der Waals surface area contributed by atoms with Crippen LogP contribution in [0, 0.1) is 5.41 Å². The van der Waals surface area contributed by atoms with E-state index in [9.17, 15) is 4.79 Å². The van der Waals surface area contributed by atoms with Crippen molar-refractivity contribution in [2.24, 2.45) is 11.1 Å². The van der Waals surface area contributed by atoms with E-state index in [4.69, 9.17) is 28.9 Å². The molecule has 0 radical (unpaired) electrons. The van der Waals surface area contributed by atoms with Gasteiger partial charge in [0.05, 0.1) is 15.5 Å². The third-order valence-electron chi connectivity index (χ3n) is 5.43. The molecule has 1 aromatic rings. The Morgan fingerprint density at radius 3 is 2.50 bits per heavy atom. The lowest BCUT2D eigenvalue weighted by Gasteiger charge is -2.43. The Balaban J connectivity index is 1.87. The highest BCUT2D eigenvalue weighted by Gasteiger charge is 2.50. The fourth-order valence-corrected chi connectivity index (χ4v) is 3.91. The lowest BCUT2D eigenvalue weighted by atomic mass is 9.63. The first-order valence-electron chi connectivity index (χ1n) is 7.85. The summed E-state index contributed by atoms with van der Waals surface area (Å²) in [6.45, 7) is 4.34. The largest absolute Gasteiger partial charge is 0.341 e. The van der Waals surface area contributed by atoms with Crippen LogP contribution in [0.1, 0.15) is 38.2 Å². The van der Waals surface area contributed by atoms with Gasteiger partial charge in [-0.15, -0.1) is 0 Å². The molecule has 3 nitrogen and oxygen atoms in total. The first kappa shape index (κ1) is 16.1. The fourth-order valence-electron chi connectivity index (χ4n) is 3.62. The minimum absolute atomic E-state index is 0.0538. The quantitative estimate of drug-likeness (QED) is 0.913. The van der Waals surface area contributed by atoms with Crippen molar-refractivity contribution in [3.05, 3.63) is 33.8 Å². The third-order valence-corrected chi connectivity index (χ3v) is 6.17. The molecule has 3 rings (SSSR count). The summed E-state index contributed by atoms with van der Waals surface area (Å²) in [7, 11) is 0. The predicted octanol–water partition coefficient (Wildman–Crippen LogP) is 3.61. The van der Waals surface area contributed by atoms with Crippen LogP contribution in [0.25, 0.3) is 0 Å². The standard InChI is InChI=1S/C17H22Cl2N2O/c1-16(10-20)7-8-21(11-16)15(22)17(5-2-6-17)12-3-4-13(18)14(19)9-12/h3-4,9H,2,5-8,10-11,20H2,1H3. The minimum atomic E-state index is -0.409. The van der Waals surface area contributed by atoms with Crippen molar-refractivity contribution >= 4 is 29.1 Å². The summed E-state index contributed by atoms with van der Waals surface area (Å²) >= 11 is 12.2. The molecule has 0 spiro atoms. The smallest absolute Gasteiger partial charge is 0.233 e. The van der Waals surface area contributed by atoms with Crippen molar-refractivity contribution in [1.82, 2.24) is 4.90 Å². The summed E-state index contributed by atoms with van der Waals surface area (Å²) in [6, 6.07) is 5.60. The molecule has 1 saturated heterocycles. The Morgan fingerprint density at radius 1 is 1.27 bits per heavy atom. The van der Waals surface area contributed by atoms with Crippen molar-refractivity contribution in [1.29, 1.82) is 0 Å². The molecule has 2 aliphatic rings. The molecular weight excluding hydrogens is 319 g/mol. The van der Waals surface area contributed by atoms with Crippen LogP contribution in [0.15, 0.2) is 18.2 Å². The van der Waals surface area contributed by atoms with Crippen LogP contribution in [-0.2, 0) is 10.2 Å². The van der Waals surface area contributed by atoms with Gasteiger partial charge in [0.25, 0.3) is 0 Å². The molecule has 0 bridgehead atoms. The number of rotatable bonds is 3. The highest BCUT2D eigenvalue weighted by atomic mass is 35.5. The Hall–Kier alpha value is -0.770. The number of likely N-dealkylation sites (tertiary alicyclic amines) is 1. The van der Waals surface area contributed by atoms with Gasteiger partial charge in [-0.2, -0.15) is 0 Å². The average Bonchev–Trinajstić information content (AvgIpc) is 2.85. The molecule has 2 fully saturated rings. The molecule has 1 saturated carbocycles. The summed E-state index contributed by atoms with van der Waals surface area (Å²) in [4.78, 5) is 15.2. The van der Waals surface area contributed by atoms with Gasteiger partial charge in [-0.05, 0) is 48.9 Å². The van der Waals surface area contributed by atoms with Gasteiger partial charge in [0.2, 0.25) is 5.91 Å². The van der Waals surface area contributed by atoms with Gasteiger partial charge in [-0.3, -0.25) is 4.79 Å². The van der Waals surface area contributed by atoms with E-state index in [1.807, 2.05) is 17.0 Å². The second-order valence-corrected chi connectivity index (χ2v) is 7.87. The molecular formula is C17H22Cl2N2O. The number of nitrogens with zero attached hydrogens (tertiary/aromatic N) is 1. The molecule has 1 aliphatic heterocycles. The SMILES string of the molecule is CC1(CN)CCN(C(=O)C2(c3ccc(Cl)c(Cl)c3)CCC2)C1. The Kier molecular flexibility index (Phi) is 4.17. The van der Waals surface area contributed by atoms with Crippen LogP contribution < -0.4 is 5.73 Å². The first-order chi connectivity index (χ1) is 10.4. The van der Waals surface area contributed by atoms with E-state index < -0.39 is 5.41 Å². The maximum atomic E-state index is 13.2. The monoisotopic (exact) mass is 340 g/mol. The van der Waals surface area contributed by atoms with Gasteiger partial charge in [-0.25, -0.2) is 0 Å². The molecule has 1 aromatic carbocycles. The number of amides is 1. The van der Waals surface area contributed by atoms with Crippen molar-refractivity contribution < 1.29 is 4.79 Å². The lowest BCUT2D eigenvalue weighted by Crippen LogP contribution is -2.51. The molecule has 120 valence electrons. The fraction of sp³-hybridized carbons (Fsp3) is 0.588. The van der Waals surface area contributed by atoms with E-state index in [0.29, 0.717) is 16.6 Å². The van der Waals surface area contributed by atoms with Crippen molar-refractivity contribution in [3.63, 3.8) is 0 Å². The van der Waals surface area contributed by atoms with Gasteiger partial charge < -0.3 is 10.6 Å². The second-order valence-electron chi connectivity index (χ2n) is 7.06. The average molecular weight is 341 g/mol. The van der Waals surface area contributed by atoms with Crippen LogP contribution in [-0.4, -0.2) is 30.4 Å². The highest BCUT2D eigenvalue weighted by molar-refractivity contribution is 6.42. The summed E-state index contributed by atoms with van der Waals surface area (Å²) in [6.07, 6.45) is 3.83. The van der Waals surface area contributed by atoms with Gasteiger partial charge in [0.15, 0.2) is 0 Å². The van der Waals surface area contributed by atoms with Crippen LogP contribution >= 0.6 is 23.2 Å². The predicted molar refractivity (Wildman–Crippen MR) is 90.3 cm³/mol. The summed E-state index contributed by atoms with van der Waals surface area (Å²) in [5.41, 5.74) is 6.51. The second kappa shape index (κ2) is 5.70. The Bertz CT molecular complexity index is 600. The van der Waals surface area contributed by atoms with E-state index in [0.717, 1.165) is 44.3 Å². The highest BCUT2D eigenvalue weighted by Crippen LogP contribution is 2.47. The minimum Gasteiger partial charge on any atom is -0.341 e. The lowest BCUT2D eigenvalue weighted by molar-refractivity contribution is -0.140. The number of hydrogen-bond donors (Lipinski definition) is 1. The number of nitrogens with two attached hydrogens (primary N) is 1. The van der Waals surface area contributed by atoms with Crippen LogP contribution in [0.4, 0.5) is 0 Å². The molecule has 0 aromatic heterocycles. The maximum Gasteiger partial charge on any atom is 0.233 e. The molecule has 2 N–H and O–H groups in total. The number of carbonyl (C=O) groups is 1. The van der Waals surface area contributed by atoms with Crippen molar-refractivity contribution in [3.8, 4) is 0 Å². The van der Waals surface area contributed by atoms with E-state index >= 15 is 0 Å². The van der Waals surface area contributed by atoms with E-state index in [1.54, 1.807) is 6.07 Å². The van der Waals surface area contributed by atoms with Crippen LogP contribution in [0.3, 0.4) is 0 Å². The summed E-state index contributed by atoms with van der Waals surface area (Å²) < 4.78 is 0. The number of halogens is 2. The topological polar surface area (TPSA) is 46.3 Å². The van der Waals surface area contributed by atoms with Crippen LogP contribution in [0.5, 0.6) is 0 Å². The Labute approximate surface area is 141 Å². The molecule has 1 atom stereocenters. The van der Waals surface area contributed by atoms with Gasteiger partial charge in [0.1, 0.15) is 0 Å². The third kappa shape index (κ3) is 2.53. The molecule has 1 heterocycles. The van der Waals surface area contributed by atoms with Gasteiger partial charge >= 0.3 is 0 Å². The molecule has 1 aliphatic carbocycles. The van der Waals surface area contributed by atoms with E-state index in [-0.39, 0.29) is 11.3 Å². The number of benzene rings is 1. The summed E-state index contributed by atoms with van der Waals surface area (Å²) in [5, 5.41) is 1.05. The van der Waals surface area contributed by atoms with Crippen molar-refractivity contribution in [2.45, 2.75) is 38.0 Å². The van der Waals surface area contributed by atoms with Gasteiger partial charge in [-0.1, -0.05) is 42.6 Å². The Morgan fingerprint density at radius 2 is 2.00 bits per heavy atom. The number of carbonyl (C=O) groups excluding carboxylic acids is 1. The first-order valence-corrected chi connectivity index (χ1v) is 8.61. The van der Waals surface area contributed by atoms with Crippen LogP contribution in [0.2, 0.25) is 10.0 Å². The zero-order valence-corrected chi connectivity index (χ0v) is 14.4. The normalized spacial score (nSPS) is 26.8. The van der Waals surface area contributed by atoms with Crippen molar-refractivity contribution in [2.75, 3.05) is 19.6 Å².